The summed E-state index contributed by atoms with van der Waals surface area (Å²) in [5.74, 6) is -0.592. The molecule has 7 nitrogen and oxygen atoms in total. The molecular formula is C17H11N3O4S. The maximum atomic E-state index is 11.1. The quantitative estimate of drug-likeness (QED) is 0.431. The number of nitro groups is 1. The minimum Gasteiger partial charge on any atom is -0.500 e. The first-order chi connectivity index (χ1) is 12.0. The van der Waals surface area contributed by atoms with Crippen LogP contribution in [-0.2, 0) is 0 Å². The summed E-state index contributed by atoms with van der Waals surface area (Å²) in [4.78, 5) is 14.8. The molecule has 0 unspecified atom stereocenters. The van der Waals surface area contributed by atoms with E-state index in [2.05, 4.69) is 11.1 Å². The van der Waals surface area contributed by atoms with Crippen molar-refractivity contribution in [1.29, 1.82) is 5.26 Å². The van der Waals surface area contributed by atoms with E-state index in [1.54, 1.807) is 0 Å². The summed E-state index contributed by atoms with van der Waals surface area (Å²) in [6.45, 7) is 0. The number of benzene rings is 2. The first-order valence-electron chi connectivity index (χ1n) is 7.06. The molecule has 1 heterocycles. The third kappa shape index (κ3) is 3.13. The average molecular weight is 353 g/mol. The Morgan fingerprint density at radius 3 is 2.84 bits per heavy atom. The van der Waals surface area contributed by atoms with Crippen LogP contribution < -0.4 is 4.74 Å². The molecule has 0 saturated heterocycles. The van der Waals surface area contributed by atoms with Crippen LogP contribution in [0.2, 0.25) is 0 Å². The largest absolute Gasteiger partial charge is 0.500 e. The molecule has 0 aliphatic heterocycles. The maximum Gasteiger partial charge on any atom is 0.315 e. The van der Waals surface area contributed by atoms with Crippen molar-refractivity contribution >= 4 is 38.9 Å². The Kier molecular flexibility index (Phi) is 4.33. The third-order valence-electron chi connectivity index (χ3n) is 3.45. The number of phenolic OH excluding ortho intramolecular Hbond substituents is 1. The van der Waals surface area contributed by atoms with Crippen molar-refractivity contribution in [2.75, 3.05) is 7.11 Å². The van der Waals surface area contributed by atoms with Crippen LogP contribution in [0.1, 0.15) is 10.6 Å². The van der Waals surface area contributed by atoms with E-state index in [9.17, 15) is 20.5 Å². The zero-order chi connectivity index (χ0) is 18.0. The molecule has 1 aromatic heterocycles. The topological polar surface area (TPSA) is 109 Å². The number of nitrogens with zero attached hydrogens (tertiary/aromatic N) is 3. The lowest BCUT2D eigenvalue weighted by Gasteiger charge is -2.05. The van der Waals surface area contributed by atoms with Crippen LogP contribution in [0.3, 0.4) is 0 Å². The van der Waals surface area contributed by atoms with Gasteiger partial charge < -0.3 is 9.84 Å². The van der Waals surface area contributed by atoms with Gasteiger partial charge in [-0.2, -0.15) is 5.26 Å². The van der Waals surface area contributed by atoms with Gasteiger partial charge in [0, 0.05) is 6.07 Å². The van der Waals surface area contributed by atoms with Crippen LogP contribution in [0.25, 0.3) is 21.9 Å². The van der Waals surface area contributed by atoms with E-state index in [0.717, 1.165) is 10.2 Å². The van der Waals surface area contributed by atoms with E-state index in [1.165, 1.54) is 36.7 Å². The average Bonchev–Trinajstić information content (AvgIpc) is 3.04. The van der Waals surface area contributed by atoms with Crippen LogP contribution in [0.15, 0.2) is 36.4 Å². The number of para-hydroxylation sites is 1. The normalized spacial score (nSPS) is 11.3. The molecule has 3 aromatic rings. The summed E-state index contributed by atoms with van der Waals surface area (Å²) in [7, 11) is 1.30. The predicted octanol–water partition coefficient (Wildman–Crippen LogP) is 3.98. The number of hydrogen-bond acceptors (Lipinski definition) is 7. The van der Waals surface area contributed by atoms with Gasteiger partial charge in [0.25, 0.3) is 0 Å². The molecule has 0 fully saturated rings. The molecule has 0 radical (unpaired) electrons. The molecule has 124 valence electrons. The van der Waals surface area contributed by atoms with Gasteiger partial charge in [-0.25, -0.2) is 4.98 Å². The number of nitro benzene ring substituents is 1. The predicted molar refractivity (Wildman–Crippen MR) is 94.4 cm³/mol. The van der Waals surface area contributed by atoms with Gasteiger partial charge in [-0.1, -0.05) is 12.1 Å². The smallest absolute Gasteiger partial charge is 0.315 e. The number of hydrogen-bond donors (Lipinski definition) is 1. The van der Waals surface area contributed by atoms with E-state index >= 15 is 0 Å². The summed E-state index contributed by atoms with van der Waals surface area (Å²) < 4.78 is 5.90. The van der Waals surface area contributed by atoms with Gasteiger partial charge in [-0.3, -0.25) is 10.1 Å². The molecular weight excluding hydrogens is 342 g/mol. The Hall–Kier alpha value is -3.44. The Balaban J connectivity index is 2.12. The molecule has 0 aliphatic carbocycles. The van der Waals surface area contributed by atoms with Crippen molar-refractivity contribution < 1.29 is 14.8 Å². The first-order valence-corrected chi connectivity index (χ1v) is 7.88. The number of phenols is 1. The molecule has 0 aliphatic rings. The highest BCUT2D eigenvalue weighted by Crippen LogP contribution is 2.38. The number of thiazole rings is 1. The highest BCUT2D eigenvalue weighted by molar-refractivity contribution is 7.19. The number of fused-ring (bicyclic) bond motifs is 1. The van der Waals surface area contributed by atoms with Crippen LogP contribution in [0.4, 0.5) is 5.69 Å². The summed E-state index contributed by atoms with van der Waals surface area (Å²) in [5, 5.41) is 30.9. The standard InChI is InChI=1S/C17H11N3O4S/c1-24-14-8-10(7-13(16(14)21)20(22)23)6-11(9-18)17-19-12-4-2-3-5-15(12)25-17/h2-8,21H,1H3. The third-order valence-corrected chi connectivity index (χ3v) is 4.52. The number of aromatic nitrogens is 1. The number of aromatic hydroxyl groups is 1. The number of rotatable bonds is 4. The molecule has 0 saturated carbocycles. The van der Waals surface area contributed by atoms with E-state index < -0.39 is 16.4 Å². The Morgan fingerprint density at radius 1 is 1.44 bits per heavy atom. The van der Waals surface area contributed by atoms with Gasteiger partial charge in [0.2, 0.25) is 5.75 Å². The minimum absolute atomic E-state index is 0.0398. The molecule has 25 heavy (non-hydrogen) atoms. The second-order valence-corrected chi connectivity index (χ2v) is 6.04. The lowest BCUT2D eigenvalue weighted by atomic mass is 10.1. The van der Waals surface area contributed by atoms with Crippen molar-refractivity contribution in [2.24, 2.45) is 0 Å². The molecule has 0 spiro atoms. The van der Waals surface area contributed by atoms with E-state index in [0.29, 0.717) is 10.6 Å². The molecule has 0 atom stereocenters. The number of nitriles is 1. The second-order valence-electron chi connectivity index (χ2n) is 5.00. The van der Waals surface area contributed by atoms with E-state index in [4.69, 9.17) is 4.74 Å². The van der Waals surface area contributed by atoms with Gasteiger partial charge >= 0.3 is 5.69 Å². The lowest BCUT2D eigenvalue weighted by molar-refractivity contribution is -0.386. The SMILES string of the molecule is COc1cc(C=C(C#N)c2nc3ccccc3s2)cc([N+](=O)[O-])c1O. The molecule has 0 amide bonds. The molecule has 8 heteroatoms. The highest BCUT2D eigenvalue weighted by Gasteiger charge is 2.20. The van der Waals surface area contributed by atoms with Gasteiger partial charge in [0.15, 0.2) is 5.75 Å². The van der Waals surface area contributed by atoms with Crippen molar-refractivity contribution in [1.82, 2.24) is 4.98 Å². The van der Waals surface area contributed by atoms with Crippen molar-refractivity contribution in [3.05, 3.63) is 57.1 Å². The van der Waals surface area contributed by atoms with Crippen molar-refractivity contribution in [3.8, 4) is 17.6 Å². The van der Waals surface area contributed by atoms with Crippen molar-refractivity contribution in [3.63, 3.8) is 0 Å². The molecule has 0 bridgehead atoms. The highest BCUT2D eigenvalue weighted by atomic mass is 32.1. The van der Waals surface area contributed by atoms with Crippen LogP contribution in [0, 0.1) is 21.4 Å². The van der Waals surface area contributed by atoms with Crippen LogP contribution in [0.5, 0.6) is 11.5 Å². The fourth-order valence-corrected chi connectivity index (χ4v) is 3.22. The zero-order valence-corrected chi connectivity index (χ0v) is 13.8. The van der Waals surface area contributed by atoms with E-state index in [-0.39, 0.29) is 11.3 Å². The second kappa shape index (κ2) is 6.59. The number of allylic oxidation sites excluding steroid dienone is 1. The maximum absolute atomic E-state index is 11.1. The summed E-state index contributed by atoms with van der Waals surface area (Å²) in [5.41, 5.74) is 0.908. The zero-order valence-electron chi connectivity index (χ0n) is 13.0. The molecule has 3 rings (SSSR count). The molecule has 1 N–H and O–H groups in total. The Bertz CT molecular complexity index is 1020. The number of methoxy groups -OCH3 is 1. The van der Waals surface area contributed by atoms with Crippen molar-refractivity contribution in [2.45, 2.75) is 0 Å². The monoisotopic (exact) mass is 353 g/mol. The molecule has 2 aromatic carbocycles. The summed E-state index contributed by atoms with van der Waals surface area (Å²) in [6.07, 6.45) is 1.48. The fourth-order valence-electron chi connectivity index (χ4n) is 2.29. The van der Waals surface area contributed by atoms with Crippen LogP contribution >= 0.6 is 11.3 Å². The summed E-state index contributed by atoms with van der Waals surface area (Å²) in [6, 6.07) is 12.2. The van der Waals surface area contributed by atoms with Gasteiger partial charge in [-0.15, -0.1) is 11.3 Å². The van der Waals surface area contributed by atoms with E-state index in [1.807, 2.05) is 24.3 Å². The van der Waals surface area contributed by atoms with Gasteiger partial charge in [0.05, 0.1) is 27.8 Å². The minimum atomic E-state index is -0.709. The Labute approximate surface area is 146 Å². The van der Waals surface area contributed by atoms with Gasteiger partial charge in [-0.05, 0) is 29.8 Å². The fraction of sp³-hybridized carbons (Fsp3) is 0.0588. The first kappa shape index (κ1) is 16.4. The number of ether oxygens (including phenoxy) is 1. The summed E-state index contributed by atoms with van der Waals surface area (Å²) >= 11 is 1.36. The van der Waals surface area contributed by atoms with Gasteiger partial charge in [0.1, 0.15) is 11.1 Å². The lowest BCUT2D eigenvalue weighted by Crippen LogP contribution is -1.93. The Morgan fingerprint density at radius 2 is 2.20 bits per heavy atom. The van der Waals surface area contributed by atoms with Crippen LogP contribution in [-0.4, -0.2) is 22.1 Å².